The highest BCUT2D eigenvalue weighted by molar-refractivity contribution is 7.93. The van der Waals surface area contributed by atoms with Crippen LogP contribution in [0, 0.1) is 0 Å². The molecule has 4 rings (SSSR count). The number of hydrogen-bond donors (Lipinski definition) is 0. The Balaban J connectivity index is 1.98. The second kappa shape index (κ2) is 7.33. The van der Waals surface area contributed by atoms with Crippen molar-refractivity contribution < 1.29 is 22.6 Å². The number of sulfonamides is 1. The summed E-state index contributed by atoms with van der Waals surface area (Å²) in [5.41, 5.74) is 2.79. The lowest BCUT2D eigenvalue weighted by atomic mass is 10.0. The molecule has 0 saturated heterocycles. The average molecular weight is 411 g/mol. The van der Waals surface area contributed by atoms with E-state index >= 15 is 0 Å². The Labute approximate surface area is 170 Å². The number of anilines is 1. The van der Waals surface area contributed by atoms with Crippen LogP contribution in [0.25, 0.3) is 11.1 Å². The molecule has 0 aromatic heterocycles. The van der Waals surface area contributed by atoms with Crippen molar-refractivity contribution in [1.82, 2.24) is 0 Å². The summed E-state index contributed by atoms with van der Waals surface area (Å²) in [6.07, 6.45) is 0. The Morgan fingerprint density at radius 3 is 2.14 bits per heavy atom. The molecule has 3 aromatic rings. The first-order valence-corrected chi connectivity index (χ1v) is 10.4. The normalized spacial score (nSPS) is 14.0. The molecule has 7 heteroatoms. The molecule has 0 spiro atoms. The number of ether oxygens (including phenoxy) is 3. The first-order chi connectivity index (χ1) is 14.0. The fourth-order valence-electron chi connectivity index (χ4n) is 3.53. The molecule has 0 saturated carbocycles. The predicted octanol–water partition coefficient (Wildman–Crippen LogP) is 4.09. The third kappa shape index (κ3) is 3.17. The van der Waals surface area contributed by atoms with Crippen LogP contribution in [-0.2, 0) is 16.6 Å². The molecule has 0 amide bonds. The minimum absolute atomic E-state index is 0.173. The molecule has 0 fully saturated rings. The van der Waals surface area contributed by atoms with E-state index in [1.165, 1.54) is 24.6 Å². The Bertz CT molecular complexity index is 1160. The van der Waals surface area contributed by atoms with Gasteiger partial charge in [-0.2, -0.15) is 0 Å². The molecule has 1 heterocycles. The summed E-state index contributed by atoms with van der Waals surface area (Å²) in [4.78, 5) is 0.173. The van der Waals surface area contributed by atoms with Crippen molar-refractivity contribution in [3.05, 3.63) is 66.2 Å². The lowest BCUT2D eigenvalue weighted by Crippen LogP contribution is -2.34. The summed E-state index contributed by atoms with van der Waals surface area (Å²) in [5.74, 6) is 1.47. The fourth-order valence-corrected chi connectivity index (χ4v) is 5.20. The smallest absolute Gasteiger partial charge is 0.265 e. The van der Waals surface area contributed by atoms with Gasteiger partial charge in [-0.15, -0.1) is 0 Å². The quantitative estimate of drug-likeness (QED) is 0.633. The van der Waals surface area contributed by atoms with Gasteiger partial charge in [0.05, 0.1) is 38.5 Å². The van der Waals surface area contributed by atoms with Crippen LogP contribution in [0.5, 0.6) is 17.2 Å². The van der Waals surface area contributed by atoms with Gasteiger partial charge in [0.15, 0.2) is 11.5 Å². The maximum absolute atomic E-state index is 13.6. The van der Waals surface area contributed by atoms with E-state index in [1.807, 2.05) is 36.4 Å². The van der Waals surface area contributed by atoms with Crippen molar-refractivity contribution in [2.45, 2.75) is 11.4 Å². The van der Waals surface area contributed by atoms with Crippen molar-refractivity contribution in [3.63, 3.8) is 0 Å². The first kappa shape index (κ1) is 19.1. The largest absolute Gasteiger partial charge is 0.497 e. The SMILES string of the molecule is COc1ccc2c(c1)-c1cc(OC)c(OC)cc1S(=O)(=O)N2Cc1ccccc1. The van der Waals surface area contributed by atoms with Crippen LogP contribution >= 0.6 is 0 Å². The summed E-state index contributed by atoms with van der Waals surface area (Å²) in [6.45, 7) is 0.219. The van der Waals surface area contributed by atoms with Gasteiger partial charge in [-0.05, 0) is 29.8 Å². The molecule has 0 aliphatic carbocycles. The summed E-state index contributed by atoms with van der Waals surface area (Å²) in [5, 5.41) is 0. The number of rotatable bonds is 5. The molecule has 1 aliphatic rings. The second-order valence-electron chi connectivity index (χ2n) is 6.58. The topological polar surface area (TPSA) is 65.1 Å². The molecule has 6 nitrogen and oxygen atoms in total. The molecule has 3 aromatic carbocycles. The highest BCUT2D eigenvalue weighted by Crippen LogP contribution is 2.48. The lowest BCUT2D eigenvalue weighted by Gasteiger charge is -2.33. The number of methoxy groups -OCH3 is 3. The van der Waals surface area contributed by atoms with Gasteiger partial charge in [-0.1, -0.05) is 30.3 Å². The predicted molar refractivity (Wildman–Crippen MR) is 111 cm³/mol. The number of fused-ring (bicyclic) bond motifs is 3. The van der Waals surface area contributed by atoms with Gasteiger partial charge in [-0.25, -0.2) is 8.42 Å². The van der Waals surface area contributed by atoms with E-state index in [0.29, 0.717) is 28.5 Å². The van der Waals surface area contributed by atoms with Crippen molar-refractivity contribution in [3.8, 4) is 28.4 Å². The van der Waals surface area contributed by atoms with Crippen LogP contribution in [0.3, 0.4) is 0 Å². The summed E-state index contributed by atoms with van der Waals surface area (Å²) in [6, 6.07) is 18.1. The molecule has 0 bridgehead atoms. The lowest BCUT2D eigenvalue weighted by molar-refractivity contribution is 0.354. The van der Waals surface area contributed by atoms with Gasteiger partial charge in [0.2, 0.25) is 0 Å². The third-order valence-corrected chi connectivity index (χ3v) is 6.79. The van der Waals surface area contributed by atoms with Crippen molar-refractivity contribution >= 4 is 15.7 Å². The minimum atomic E-state index is -3.81. The Hall–Kier alpha value is -3.19. The van der Waals surface area contributed by atoms with E-state index in [2.05, 4.69) is 0 Å². The number of nitrogens with zero attached hydrogens (tertiary/aromatic N) is 1. The van der Waals surface area contributed by atoms with E-state index in [0.717, 1.165) is 11.1 Å². The van der Waals surface area contributed by atoms with Gasteiger partial charge >= 0.3 is 0 Å². The maximum atomic E-state index is 13.6. The Morgan fingerprint density at radius 2 is 1.48 bits per heavy atom. The van der Waals surface area contributed by atoms with Crippen LogP contribution in [0.2, 0.25) is 0 Å². The molecule has 0 N–H and O–H groups in total. The van der Waals surface area contributed by atoms with Crippen molar-refractivity contribution in [1.29, 1.82) is 0 Å². The Kier molecular flexibility index (Phi) is 4.84. The Morgan fingerprint density at radius 1 is 0.793 bits per heavy atom. The van der Waals surface area contributed by atoms with Gasteiger partial charge in [0.25, 0.3) is 10.0 Å². The summed E-state index contributed by atoms with van der Waals surface area (Å²) in [7, 11) is 0.775. The van der Waals surface area contributed by atoms with Crippen LogP contribution in [0.4, 0.5) is 5.69 Å². The van der Waals surface area contributed by atoms with Crippen molar-refractivity contribution in [2.24, 2.45) is 0 Å². The van der Waals surface area contributed by atoms with Crippen LogP contribution in [0.15, 0.2) is 65.6 Å². The fraction of sp³-hybridized carbons (Fsp3) is 0.182. The number of hydrogen-bond acceptors (Lipinski definition) is 5. The summed E-state index contributed by atoms with van der Waals surface area (Å²) < 4.78 is 44.7. The standard InChI is InChI=1S/C22H21NO5S/c1-26-16-9-10-19-17(11-16)18-12-20(27-2)21(28-3)13-22(18)29(24,25)23(19)14-15-7-5-4-6-8-15/h4-13H,14H2,1-3H3. The van der Waals surface area contributed by atoms with Crippen molar-refractivity contribution in [2.75, 3.05) is 25.6 Å². The van der Waals surface area contributed by atoms with Gasteiger partial charge in [0.1, 0.15) is 5.75 Å². The van der Waals surface area contributed by atoms with Crippen LogP contribution in [-0.4, -0.2) is 29.7 Å². The molecule has 0 unspecified atom stereocenters. The molecule has 1 aliphatic heterocycles. The van der Waals surface area contributed by atoms with E-state index in [9.17, 15) is 8.42 Å². The van der Waals surface area contributed by atoms with E-state index in [1.54, 1.807) is 25.3 Å². The van der Waals surface area contributed by atoms with Crippen LogP contribution in [0.1, 0.15) is 5.56 Å². The molecular formula is C22H21NO5S. The monoisotopic (exact) mass is 411 g/mol. The highest BCUT2D eigenvalue weighted by atomic mass is 32.2. The third-order valence-electron chi connectivity index (χ3n) is 4.99. The molecule has 0 radical (unpaired) electrons. The van der Waals surface area contributed by atoms with Gasteiger partial charge in [-0.3, -0.25) is 4.31 Å². The maximum Gasteiger partial charge on any atom is 0.265 e. The zero-order chi connectivity index (χ0) is 20.6. The molecule has 29 heavy (non-hydrogen) atoms. The zero-order valence-electron chi connectivity index (χ0n) is 16.4. The van der Waals surface area contributed by atoms with E-state index < -0.39 is 10.0 Å². The van der Waals surface area contributed by atoms with Crippen LogP contribution < -0.4 is 18.5 Å². The summed E-state index contributed by atoms with van der Waals surface area (Å²) >= 11 is 0. The highest BCUT2D eigenvalue weighted by Gasteiger charge is 2.36. The van der Waals surface area contributed by atoms with Gasteiger partial charge in [0, 0.05) is 17.2 Å². The van der Waals surface area contributed by atoms with E-state index in [4.69, 9.17) is 14.2 Å². The minimum Gasteiger partial charge on any atom is -0.497 e. The second-order valence-corrected chi connectivity index (χ2v) is 8.41. The molecule has 150 valence electrons. The first-order valence-electron chi connectivity index (χ1n) is 9.00. The van der Waals surface area contributed by atoms with Gasteiger partial charge < -0.3 is 14.2 Å². The zero-order valence-corrected chi connectivity index (χ0v) is 17.2. The average Bonchev–Trinajstić information content (AvgIpc) is 2.76. The molecule has 0 atom stereocenters. The molecular weight excluding hydrogens is 390 g/mol. The van der Waals surface area contributed by atoms with E-state index in [-0.39, 0.29) is 11.4 Å². The number of benzene rings is 3.